The molecule has 1 heterocycles. The van der Waals surface area contributed by atoms with Crippen LogP contribution in [-0.4, -0.2) is 20.2 Å². The molecule has 3 aromatic rings. The number of rotatable bonds is 5. The molecule has 0 saturated carbocycles. The Kier molecular flexibility index (Phi) is 5.36. The lowest BCUT2D eigenvalue weighted by atomic mass is 10.0. The monoisotopic (exact) mass is 447 g/mol. The van der Waals surface area contributed by atoms with E-state index < -0.39 is 0 Å². The van der Waals surface area contributed by atoms with E-state index in [0.29, 0.717) is 5.92 Å². The number of aryl methyl sites for hydroxylation is 2. The minimum atomic E-state index is 0.00840. The summed E-state index contributed by atoms with van der Waals surface area (Å²) in [5, 5.41) is 16.2. The Morgan fingerprint density at radius 2 is 1.64 bits per heavy atom. The van der Waals surface area contributed by atoms with Gasteiger partial charge in [0.1, 0.15) is 0 Å². The van der Waals surface area contributed by atoms with Crippen LogP contribution >= 0.6 is 22.6 Å². The first-order valence-corrected chi connectivity index (χ1v) is 9.42. The highest BCUT2D eigenvalue weighted by atomic mass is 127. The first-order chi connectivity index (χ1) is 12.0. The van der Waals surface area contributed by atoms with Crippen molar-refractivity contribution in [3.05, 3.63) is 63.0 Å². The zero-order valence-corrected chi connectivity index (χ0v) is 17.0. The van der Waals surface area contributed by atoms with Gasteiger partial charge in [-0.05, 0) is 88.2 Å². The summed E-state index contributed by atoms with van der Waals surface area (Å²) >= 11 is 2.31. The second-order valence-electron chi connectivity index (χ2n) is 6.56. The maximum Gasteiger partial charge on any atom is 0.179 e. The van der Waals surface area contributed by atoms with Crippen molar-refractivity contribution in [3.63, 3.8) is 0 Å². The normalized spacial score (nSPS) is 12.4. The molecule has 130 valence electrons. The van der Waals surface area contributed by atoms with Gasteiger partial charge in [0.2, 0.25) is 0 Å². The van der Waals surface area contributed by atoms with Gasteiger partial charge in [0.25, 0.3) is 0 Å². The molecule has 0 fully saturated rings. The van der Waals surface area contributed by atoms with Crippen LogP contribution in [0.15, 0.2) is 42.5 Å². The Labute approximate surface area is 162 Å². The fraction of sp³-hybridized carbons (Fsp3) is 0.316. The van der Waals surface area contributed by atoms with Crippen LogP contribution in [0.4, 0.5) is 5.69 Å². The van der Waals surface area contributed by atoms with Crippen LogP contribution in [0.2, 0.25) is 0 Å². The van der Waals surface area contributed by atoms with Gasteiger partial charge in [-0.2, -0.15) is 4.68 Å². The third-order valence-corrected chi connectivity index (χ3v) is 4.98. The van der Waals surface area contributed by atoms with Crippen LogP contribution in [0.25, 0.3) is 5.69 Å². The molecule has 1 N–H and O–H groups in total. The van der Waals surface area contributed by atoms with Crippen LogP contribution in [0.5, 0.6) is 0 Å². The minimum absolute atomic E-state index is 0.00840. The van der Waals surface area contributed by atoms with Crippen LogP contribution in [0, 0.1) is 23.3 Å². The summed E-state index contributed by atoms with van der Waals surface area (Å²) in [5.74, 6) is 1.15. The van der Waals surface area contributed by atoms with E-state index in [2.05, 4.69) is 114 Å². The Bertz CT molecular complexity index is 834. The largest absolute Gasteiger partial charge is 0.375 e. The molecule has 25 heavy (non-hydrogen) atoms. The van der Waals surface area contributed by atoms with Gasteiger partial charge in [-0.25, -0.2) is 0 Å². The van der Waals surface area contributed by atoms with Crippen molar-refractivity contribution >= 4 is 28.3 Å². The van der Waals surface area contributed by atoms with Crippen LogP contribution in [-0.2, 0) is 0 Å². The lowest BCUT2D eigenvalue weighted by molar-refractivity contribution is 0.509. The molecular weight excluding hydrogens is 425 g/mol. The first kappa shape index (κ1) is 17.8. The molecular formula is C19H22IN5. The highest BCUT2D eigenvalue weighted by molar-refractivity contribution is 14.1. The molecule has 2 aromatic carbocycles. The summed E-state index contributed by atoms with van der Waals surface area (Å²) in [6, 6.07) is 14.6. The molecule has 0 bridgehead atoms. The lowest BCUT2D eigenvalue weighted by Crippen LogP contribution is -2.22. The van der Waals surface area contributed by atoms with Crippen molar-refractivity contribution in [2.24, 2.45) is 5.92 Å². The van der Waals surface area contributed by atoms with Crippen molar-refractivity contribution in [2.75, 3.05) is 5.32 Å². The Morgan fingerprint density at radius 1 is 1.00 bits per heavy atom. The van der Waals surface area contributed by atoms with Gasteiger partial charge in [-0.3, -0.25) is 0 Å². The zero-order chi connectivity index (χ0) is 18.0. The van der Waals surface area contributed by atoms with Crippen molar-refractivity contribution in [3.8, 4) is 5.69 Å². The molecule has 0 radical (unpaired) electrons. The second kappa shape index (κ2) is 7.51. The van der Waals surface area contributed by atoms with Gasteiger partial charge in [0, 0.05) is 9.26 Å². The third-order valence-electron chi connectivity index (χ3n) is 4.26. The lowest BCUT2D eigenvalue weighted by Gasteiger charge is -2.23. The van der Waals surface area contributed by atoms with Crippen LogP contribution < -0.4 is 5.32 Å². The number of aromatic nitrogens is 4. The topological polar surface area (TPSA) is 55.6 Å². The van der Waals surface area contributed by atoms with Gasteiger partial charge in [0.05, 0.1) is 11.7 Å². The van der Waals surface area contributed by atoms with E-state index in [4.69, 9.17) is 0 Å². The van der Waals surface area contributed by atoms with Gasteiger partial charge in [-0.15, -0.1) is 5.10 Å². The summed E-state index contributed by atoms with van der Waals surface area (Å²) < 4.78 is 3.08. The molecule has 1 aromatic heterocycles. The maximum atomic E-state index is 4.35. The average Bonchev–Trinajstić information content (AvgIpc) is 3.02. The molecule has 1 atom stereocenters. The number of tetrazole rings is 1. The van der Waals surface area contributed by atoms with Gasteiger partial charge >= 0.3 is 0 Å². The highest BCUT2D eigenvalue weighted by Crippen LogP contribution is 2.28. The third kappa shape index (κ3) is 3.84. The van der Waals surface area contributed by atoms with Crippen LogP contribution in [0.3, 0.4) is 0 Å². The van der Waals surface area contributed by atoms with E-state index in [1.165, 1.54) is 3.57 Å². The van der Waals surface area contributed by atoms with Crippen molar-refractivity contribution in [2.45, 2.75) is 33.7 Å². The van der Waals surface area contributed by atoms with Gasteiger partial charge in [0.15, 0.2) is 5.82 Å². The fourth-order valence-corrected chi connectivity index (χ4v) is 3.30. The Morgan fingerprint density at radius 3 is 2.24 bits per heavy atom. The molecule has 0 saturated heterocycles. The van der Waals surface area contributed by atoms with E-state index in [-0.39, 0.29) is 6.04 Å². The Hall–Kier alpha value is -1.96. The first-order valence-electron chi connectivity index (χ1n) is 8.34. The van der Waals surface area contributed by atoms with E-state index in [9.17, 15) is 0 Å². The average molecular weight is 447 g/mol. The summed E-state index contributed by atoms with van der Waals surface area (Å²) in [6.45, 7) is 8.53. The highest BCUT2D eigenvalue weighted by Gasteiger charge is 2.24. The van der Waals surface area contributed by atoms with Crippen molar-refractivity contribution < 1.29 is 0 Å². The second-order valence-corrected chi connectivity index (χ2v) is 7.81. The summed E-state index contributed by atoms with van der Waals surface area (Å²) in [5.41, 5.74) is 4.43. The van der Waals surface area contributed by atoms with E-state index in [0.717, 1.165) is 28.3 Å². The predicted octanol–water partition coefficient (Wildman–Crippen LogP) is 4.69. The van der Waals surface area contributed by atoms with Crippen LogP contribution in [0.1, 0.15) is 36.8 Å². The fourth-order valence-electron chi connectivity index (χ4n) is 2.94. The molecule has 0 aliphatic heterocycles. The predicted molar refractivity (Wildman–Crippen MR) is 109 cm³/mol. The number of halogens is 1. The summed E-state index contributed by atoms with van der Waals surface area (Å²) in [6.07, 6.45) is 0. The molecule has 5 nitrogen and oxygen atoms in total. The number of nitrogens with zero attached hydrogens (tertiary/aromatic N) is 4. The smallest absolute Gasteiger partial charge is 0.179 e. The minimum Gasteiger partial charge on any atom is -0.375 e. The molecule has 0 aliphatic carbocycles. The van der Waals surface area contributed by atoms with E-state index in [1.54, 1.807) is 0 Å². The zero-order valence-electron chi connectivity index (χ0n) is 14.9. The maximum absolute atomic E-state index is 4.35. The molecule has 0 aliphatic rings. The van der Waals surface area contributed by atoms with E-state index in [1.807, 2.05) is 4.68 Å². The SMILES string of the molecule is Cc1cccc(C)c1-n1nnnc1C(Nc1ccc(I)cc1)C(C)C. The number of para-hydroxylation sites is 1. The van der Waals surface area contributed by atoms with Crippen molar-refractivity contribution in [1.29, 1.82) is 0 Å². The summed E-state index contributed by atoms with van der Waals surface area (Å²) in [4.78, 5) is 0. The molecule has 3 rings (SSSR count). The number of anilines is 1. The van der Waals surface area contributed by atoms with E-state index >= 15 is 0 Å². The van der Waals surface area contributed by atoms with Gasteiger partial charge < -0.3 is 5.32 Å². The number of nitrogens with one attached hydrogen (secondary N) is 1. The Balaban J connectivity index is 2.01. The number of hydrogen-bond acceptors (Lipinski definition) is 4. The van der Waals surface area contributed by atoms with Gasteiger partial charge in [-0.1, -0.05) is 32.0 Å². The molecule has 1 unspecified atom stereocenters. The molecule has 0 amide bonds. The standard InChI is InChI=1S/C19H22IN5/c1-12(2)17(21-16-10-8-15(20)9-11-16)19-22-23-24-25(19)18-13(3)6-5-7-14(18)4/h5-12,17,21H,1-4H3. The quantitative estimate of drug-likeness (QED) is 0.577. The summed E-state index contributed by atoms with van der Waals surface area (Å²) in [7, 11) is 0. The van der Waals surface area contributed by atoms with Crippen molar-refractivity contribution in [1.82, 2.24) is 20.2 Å². The number of benzene rings is 2. The molecule has 6 heteroatoms. The number of hydrogen-bond donors (Lipinski definition) is 1. The molecule has 0 spiro atoms.